The topological polar surface area (TPSA) is 24.7 Å². The first kappa shape index (κ1) is 16.6. The fourth-order valence-corrected chi connectivity index (χ4v) is 1.91. The van der Waals surface area contributed by atoms with Crippen molar-refractivity contribution in [3.05, 3.63) is 35.4 Å². The summed E-state index contributed by atoms with van der Waals surface area (Å²) < 4.78 is 0. The molecule has 0 aliphatic rings. The molecule has 0 heterocycles. The van der Waals surface area contributed by atoms with Gasteiger partial charge in [-0.05, 0) is 24.0 Å². The van der Waals surface area contributed by atoms with Gasteiger partial charge >= 0.3 is 0 Å². The Morgan fingerprint density at radius 3 is 1.45 bits per heavy atom. The van der Waals surface area contributed by atoms with E-state index in [1.54, 1.807) is 0 Å². The van der Waals surface area contributed by atoms with Gasteiger partial charge in [-0.15, -0.1) is 0 Å². The molecule has 1 aromatic rings. The second kappa shape index (κ2) is 11.4. The van der Waals surface area contributed by atoms with Crippen LogP contribution in [0, 0.1) is 0 Å². The summed E-state index contributed by atoms with van der Waals surface area (Å²) in [5.41, 5.74) is 2.34. The van der Waals surface area contributed by atoms with E-state index in [0.29, 0.717) is 0 Å². The minimum absolute atomic E-state index is 0.939. The lowest BCUT2D eigenvalue weighted by Gasteiger charge is -1.97. The molecule has 0 saturated carbocycles. The molecule has 0 aromatic heterocycles. The number of hydrogen-bond donors (Lipinski definition) is 0. The minimum atomic E-state index is 0.939. The quantitative estimate of drug-likeness (QED) is 0.427. The van der Waals surface area contributed by atoms with E-state index in [1.807, 2.05) is 12.4 Å². The van der Waals surface area contributed by atoms with Gasteiger partial charge in [-0.2, -0.15) is 0 Å². The Kier molecular flexibility index (Phi) is 9.46. The molecule has 0 amide bonds. The Bertz CT molecular complexity index is 351. The first-order valence-electron chi connectivity index (χ1n) is 7.96. The highest BCUT2D eigenvalue weighted by atomic mass is 14.7. The monoisotopic (exact) mass is 272 g/mol. The molecule has 2 nitrogen and oxygen atoms in total. The van der Waals surface area contributed by atoms with Crippen molar-refractivity contribution >= 4 is 12.4 Å². The maximum absolute atomic E-state index is 4.45. The van der Waals surface area contributed by atoms with E-state index in [9.17, 15) is 0 Å². The molecule has 0 radical (unpaired) electrons. The van der Waals surface area contributed by atoms with E-state index in [2.05, 4.69) is 48.1 Å². The zero-order valence-electron chi connectivity index (χ0n) is 13.0. The summed E-state index contributed by atoms with van der Waals surface area (Å²) in [6, 6.07) is 8.43. The molecule has 0 aliphatic heterocycles. The second-order valence-corrected chi connectivity index (χ2v) is 5.15. The minimum Gasteiger partial charge on any atom is -0.293 e. The van der Waals surface area contributed by atoms with Crippen LogP contribution in [0.2, 0.25) is 0 Å². The van der Waals surface area contributed by atoms with Crippen molar-refractivity contribution in [1.29, 1.82) is 0 Å². The molecule has 0 N–H and O–H groups in total. The van der Waals surface area contributed by atoms with Gasteiger partial charge in [0, 0.05) is 25.5 Å². The second-order valence-electron chi connectivity index (χ2n) is 5.15. The van der Waals surface area contributed by atoms with E-state index >= 15 is 0 Å². The summed E-state index contributed by atoms with van der Waals surface area (Å²) in [6.07, 6.45) is 11.4. The molecule has 1 aromatic carbocycles. The summed E-state index contributed by atoms with van der Waals surface area (Å²) >= 11 is 0. The van der Waals surface area contributed by atoms with Gasteiger partial charge in [-0.3, -0.25) is 9.98 Å². The van der Waals surface area contributed by atoms with Crippen molar-refractivity contribution in [3.8, 4) is 0 Å². The summed E-state index contributed by atoms with van der Waals surface area (Å²) in [4.78, 5) is 8.89. The van der Waals surface area contributed by atoms with Crippen LogP contribution in [0.15, 0.2) is 34.3 Å². The fourth-order valence-electron chi connectivity index (χ4n) is 1.91. The number of unbranched alkanes of at least 4 members (excludes halogenated alkanes) is 4. The number of benzene rings is 1. The molecule has 20 heavy (non-hydrogen) atoms. The third kappa shape index (κ3) is 7.88. The van der Waals surface area contributed by atoms with E-state index in [-0.39, 0.29) is 0 Å². The fraction of sp³-hybridized carbons (Fsp3) is 0.556. The van der Waals surface area contributed by atoms with Crippen molar-refractivity contribution in [1.82, 2.24) is 0 Å². The van der Waals surface area contributed by atoms with E-state index in [0.717, 1.165) is 13.1 Å². The predicted octanol–water partition coefficient (Wildman–Crippen LogP) is 4.90. The van der Waals surface area contributed by atoms with Crippen LogP contribution in [0.5, 0.6) is 0 Å². The number of rotatable bonds is 10. The number of aliphatic imine (C=N–C) groups is 2. The van der Waals surface area contributed by atoms with E-state index in [4.69, 9.17) is 0 Å². The highest BCUT2D eigenvalue weighted by molar-refractivity contribution is 5.84. The summed E-state index contributed by atoms with van der Waals surface area (Å²) in [7, 11) is 0. The molecule has 0 atom stereocenters. The molecule has 0 aliphatic carbocycles. The number of hydrogen-bond acceptors (Lipinski definition) is 2. The van der Waals surface area contributed by atoms with Crippen LogP contribution in [0.3, 0.4) is 0 Å². The zero-order valence-corrected chi connectivity index (χ0v) is 13.0. The first-order valence-corrected chi connectivity index (χ1v) is 7.96. The van der Waals surface area contributed by atoms with Crippen LogP contribution >= 0.6 is 0 Å². The average Bonchev–Trinajstić information content (AvgIpc) is 2.48. The number of nitrogens with zero attached hydrogens (tertiary/aromatic N) is 2. The third-order valence-corrected chi connectivity index (χ3v) is 3.20. The molecule has 0 spiro atoms. The highest BCUT2D eigenvalue weighted by Gasteiger charge is 1.90. The third-order valence-electron chi connectivity index (χ3n) is 3.20. The Balaban J connectivity index is 2.32. The van der Waals surface area contributed by atoms with Crippen LogP contribution in [-0.4, -0.2) is 25.5 Å². The maximum Gasteiger partial charge on any atom is 0.0389 e. The Labute approximate surface area is 124 Å². The van der Waals surface area contributed by atoms with Gasteiger partial charge in [0.1, 0.15) is 0 Å². The van der Waals surface area contributed by atoms with Crippen LogP contribution in [0.4, 0.5) is 0 Å². The summed E-state index contributed by atoms with van der Waals surface area (Å²) in [6.45, 7) is 6.31. The van der Waals surface area contributed by atoms with Crippen LogP contribution in [0.1, 0.15) is 63.5 Å². The van der Waals surface area contributed by atoms with Crippen LogP contribution in [-0.2, 0) is 0 Å². The van der Waals surface area contributed by atoms with E-state index < -0.39 is 0 Å². The van der Waals surface area contributed by atoms with Gasteiger partial charge in [0.25, 0.3) is 0 Å². The lowest BCUT2D eigenvalue weighted by molar-refractivity contribution is 0.729. The lowest BCUT2D eigenvalue weighted by atomic mass is 10.1. The predicted molar refractivity (Wildman–Crippen MR) is 90.4 cm³/mol. The first-order chi connectivity index (χ1) is 9.86. The molecule has 110 valence electrons. The normalized spacial score (nSPS) is 11.7. The van der Waals surface area contributed by atoms with Gasteiger partial charge in [0.15, 0.2) is 0 Å². The van der Waals surface area contributed by atoms with Gasteiger partial charge < -0.3 is 0 Å². The molecule has 0 bridgehead atoms. The van der Waals surface area contributed by atoms with Gasteiger partial charge in [0.2, 0.25) is 0 Å². The van der Waals surface area contributed by atoms with Crippen LogP contribution < -0.4 is 0 Å². The van der Waals surface area contributed by atoms with Gasteiger partial charge in [-0.25, -0.2) is 0 Å². The summed E-state index contributed by atoms with van der Waals surface area (Å²) in [5, 5.41) is 0. The standard InChI is InChI=1S/C18H28N2/c1-3-5-7-13-19-15-17-9-11-18(12-10-17)16-20-14-8-6-4-2/h9-12,15-16H,3-8,13-14H2,1-2H3. The van der Waals surface area contributed by atoms with Crippen molar-refractivity contribution in [2.24, 2.45) is 9.98 Å². The lowest BCUT2D eigenvalue weighted by Crippen LogP contribution is -1.88. The molecular formula is C18H28N2. The SMILES string of the molecule is CCCCCN=Cc1ccc(C=NCCCCC)cc1. The van der Waals surface area contributed by atoms with Crippen molar-refractivity contribution < 1.29 is 0 Å². The van der Waals surface area contributed by atoms with Crippen molar-refractivity contribution in [2.75, 3.05) is 13.1 Å². The molecule has 0 unspecified atom stereocenters. The van der Waals surface area contributed by atoms with Crippen LogP contribution in [0.25, 0.3) is 0 Å². The zero-order chi connectivity index (χ0) is 14.5. The molecule has 1 rings (SSSR count). The Morgan fingerprint density at radius 1 is 0.700 bits per heavy atom. The maximum atomic E-state index is 4.45. The average molecular weight is 272 g/mol. The summed E-state index contributed by atoms with van der Waals surface area (Å²) in [5.74, 6) is 0. The Hall–Kier alpha value is -1.44. The largest absolute Gasteiger partial charge is 0.293 e. The Morgan fingerprint density at radius 2 is 1.10 bits per heavy atom. The van der Waals surface area contributed by atoms with Crippen molar-refractivity contribution in [2.45, 2.75) is 52.4 Å². The smallest absolute Gasteiger partial charge is 0.0389 e. The molecule has 0 saturated heterocycles. The van der Waals surface area contributed by atoms with Gasteiger partial charge in [-0.1, -0.05) is 63.8 Å². The van der Waals surface area contributed by atoms with Crippen molar-refractivity contribution in [3.63, 3.8) is 0 Å². The van der Waals surface area contributed by atoms with Gasteiger partial charge in [0.05, 0.1) is 0 Å². The molecular weight excluding hydrogens is 244 g/mol. The molecule has 0 fully saturated rings. The van der Waals surface area contributed by atoms with E-state index in [1.165, 1.54) is 49.7 Å². The highest BCUT2D eigenvalue weighted by Crippen LogP contribution is 2.02. The molecule has 2 heteroatoms.